The van der Waals surface area contributed by atoms with Crippen LogP contribution < -0.4 is 15.0 Å². The van der Waals surface area contributed by atoms with Crippen molar-refractivity contribution in [2.24, 2.45) is 0 Å². The minimum Gasteiger partial charge on any atom is -0.497 e. The van der Waals surface area contributed by atoms with Gasteiger partial charge in [-0.15, -0.1) is 0 Å². The molecule has 1 unspecified atom stereocenters. The third kappa shape index (κ3) is 3.11. The minimum absolute atomic E-state index is 0.164. The topological polar surface area (TPSA) is 138 Å². The molecule has 0 radical (unpaired) electrons. The lowest BCUT2D eigenvalue weighted by molar-refractivity contribution is -0.0909. The fraction of sp³-hybridized carbons (Fsp3) is 0.294. The number of nitrogens with one attached hydrogen (secondary N) is 2. The number of H-pyrrole nitrogens is 2. The van der Waals surface area contributed by atoms with Gasteiger partial charge in [0.1, 0.15) is 11.5 Å². The van der Waals surface area contributed by atoms with Crippen molar-refractivity contribution in [1.29, 1.82) is 0 Å². The summed E-state index contributed by atoms with van der Waals surface area (Å²) in [7, 11) is 0.423. The quantitative estimate of drug-likeness (QED) is 0.470. The number of aromatic nitrogens is 3. The molecule has 3 rings (SSSR count). The van der Waals surface area contributed by atoms with Crippen molar-refractivity contribution in [3.8, 4) is 11.5 Å². The van der Waals surface area contributed by atoms with E-state index in [9.17, 15) is 19.2 Å². The smallest absolute Gasteiger partial charge is 0.293 e. The number of hydrogen-bond donors (Lipinski definition) is 4. The number of methoxy groups -OCH3 is 2. The molecule has 27 heavy (non-hydrogen) atoms. The Morgan fingerprint density at radius 3 is 2.44 bits per heavy atom. The lowest BCUT2D eigenvalue weighted by Crippen LogP contribution is -2.36. The van der Waals surface area contributed by atoms with Crippen LogP contribution in [-0.2, 0) is 15.9 Å². The van der Waals surface area contributed by atoms with Crippen LogP contribution in [0.3, 0.4) is 0 Å². The van der Waals surface area contributed by atoms with E-state index < -0.39 is 21.5 Å². The summed E-state index contributed by atoms with van der Waals surface area (Å²) < 4.78 is 23.2. The zero-order valence-electron chi connectivity index (χ0n) is 15.1. The van der Waals surface area contributed by atoms with Crippen LogP contribution in [0, 0.1) is 13.8 Å². The Bertz CT molecular complexity index is 1100. The van der Waals surface area contributed by atoms with Gasteiger partial charge in [-0.05, 0) is 26.0 Å². The number of aliphatic hydroxyl groups is 2. The molecule has 0 saturated carbocycles. The van der Waals surface area contributed by atoms with Gasteiger partial charge in [0.05, 0.1) is 36.5 Å². The molecular formula is C17H19N3O6S. The number of rotatable bonds is 5. The summed E-state index contributed by atoms with van der Waals surface area (Å²) in [4.78, 5) is 21.4. The van der Waals surface area contributed by atoms with Gasteiger partial charge in [0.15, 0.2) is 10.8 Å². The highest BCUT2D eigenvalue weighted by Gasteiger charge is 2.40. The van der Waals surface area contributed by atoms with Crippen molar-refractivity contribution < 1.29 is 23.9 Å². The van der Waals surface area contributed by atoms with E-state index in [1.807, 2.05) is 0 Å². The van der Waals surface area contributed by atoms with Crippen molar-refractivity contribution >= 4 is 21.8 Å². The molecule has 1 atom stereocenters. The van der Waals surface area contributed by atoms with Gasteiger partial charge in [-0.2, -0.15) is 0 Å². The summed E-state index contributed by atoms with van der Waals surface area (Å²) in [6.07, 6.45) is 0. The standard InChI is InChI=1S/C17H19N3O6S/c1-8-13(26-4)9(2)15(21)20-14(8)17(22,23)27(24)16-18-11-6-5-10(25-3)7-12(11)19-16/h5-7,22-23H,1-4H3,(H,18,19)(H,20,21). The highest BCUT2D eigenvalue weighted by Crippen LogP contribution is 2.32. The molecule has 0 spiro atoms. The maximum absolute atomic E-state index is 12.9. The third-order valence-electron chi connectivity index (χ3n) is 4.27. The number of nitrogens with zero attached hydrogens (tertiary/aromatic N) is 1. The molecule has 10 heteroatoms. The van der Waals surface area contributed by atoms with Gasteiger partial charge in [-0.3, -0.25) is 4.79 Å². The number of ether oxygens (including phenoxy) is 2. The Hall–Kier alpha value is -2.69. The summed E-state index contributed by atoms with van der Waals surface area (Å²) in [6.45, 7) is 3.06. The molecule has 0 amide bonds. The Labute approximate surface area is 156 Å². The molecule has 2 heterocycles. The van der Waals surface area contributed by atoms with E-state index in [1.165, 1.54) is 28.1 Å². The Morgan fingerprint density at radius 1 is 1.11 bits per heavy atom. The largest absolute Gasteiger partial charge is 0.497 e. The summed E-state index contributed by atoms with van der Waals surface area (Å²) in [5, 5.41) is 18.1. The van der Waals surface area contributed by atoms with E-state index in [1.54, 1.807) is 18.2 Å². The lowest BCUT2D eigenvalue weighted by Gasteiger charge is -2.23. The highest BCUT2D eigenvalue weighted by atomic mass is 32.2. The van der Waals surface area contributed by atoms with E-state index in [-0.39, 0.29) is 27.7 Å². The van der Waals surface area contributed by atoms with Crippen molar-refractivity contribution in [3.05, 3.63) is 45.4 Å². The number of benzene rings is 1. The zero-order valence-corrected chi connectivity index (χ0v) is 15.9. The van der Waals surface area contributed by atoms with Crippen LogP contribution in [-0.4, -0.2) is 43.6 Å². The fourth-order valence-corrected chi connectivity index (χ4v) is 3.88. The Kier molecular flexibility index (Phi) is 4.81. The number of aromatic amines is 2. The van der Waals surface area contributed by atoms with Crippen LogP contribution in [0.4, 0.5) is 0 Å². The minimum atomic E-state index is -2.90. The first-order valence-corrected chi connectivity index (χ1v) is 9.04. The predicted octanol–water partition coefficient (Wildman–Crippen LogP) is 0.788. The van der Waals surface area contributed by atoms with Crippen LogP contribution in [0.1, 0.15) is 16.8 Å². The molecule has 0 bridgehead atoms. The second kappa shape index (κ2) is 6.80. The first kappa shape index (κ1) is 19.1. The van der Waals surface area contributed by atoms with Gasteiger partial charge in [-0.25, -0.2) is 9.19 Å². The average Bonchev–Trinajstić information content (AvgIpc) is 3.07. The van der Waals surface area contributed by atoms with Gasteiger partial charge >= 0.3 is 0 Å². The average molecular weight is 393 g/mol. The molecule has 1 aromatic carbocycles. The van der Waals surface area contributed by atoms with Gasteiger partial charge in [0.25, 0.3) is 10.7 Å². The van der Waals surface area contributed by atoms with Crippen LogP contribution in [0.15, 0.2) is 28.2 Å². The van der Waals surface area contributed by atoms with Crippen LogP contribution in [0.25, 0.3) is 11.0 Å². The Balaban J connectivity index is 2.11. The first-order chi connectivity index (χ1) is 12.7. The molecule has 2 aromatic heterocycles. The molecule has 0 aliphatic heterocycles. The summed E-state index contributed by atoms with van der Waals surface area (Å²) in [6, 6.07) is 4.96. The van der Waals surface area contributed by atoms with E-state index in [0.29, 0.717) is 16.8 Å². The lowest BCUT2D eigenvalue weighted by atomic mass is 10.1. The van der Waals surface area contributed by atoms with Gasteiger partial charge < -0.3 is 29.7 Å². The zero-order chi connectivity index (χ0) is 19.9. The van der Waals surface area contributed by atoms with Crippen LogP contribution in [0.2, 0.25) is 0 Å². The Morgan fingerprint density at radius 2 is 1.81 bits per heavy atom. The van der Waals surface area contributed by atoms with E-state index in [2.05, 4.69) is 15.0 Å². The number of hydrogen-bond acceptors (Lipinski definition) is 7. The fourth-order valence-electron chi connectivity index (χ4n) is 2.84. The molecule has 0 aliphatic carbocycles. The molecule has 144 valence electrons. The second-order valence-electron chi connectivity index (χ2n) is 5.91. The maximum Gasteiger partial charge on any atom is 0.293 e. The summed E-state index contributed by atoms with van der Waals surface area (Å²) in [5.74, 6) is 0.749. The SMILES string of the molecule is COc1ccc2nc(S(=O)C(O)(O)c3[nH]c(=O)c(C)c(OC)c3C)[nH]c2c1. The van der Waals surface area contributed by atoms with Gasteiger partial charge in [0, 0.05) is 11.6 Å². The molecule has 0 saturated heterocycles. The molecule has 0 aliphatic rings. The molecular weight excluding hydrogens is 374 g/mol. The summed E-state index contributed by atoms with van der Waals surface area (Å²) >= 11 is 0. The van der Waals surface area contributed by atoms with Crippen molar-refractivity contribution in [3.63, 3.8) is 0 Å². The highest BCUT2D eigenvalue weighted by molar-refractivity contribution is 7.85. The van der Waals surface area contributed by atoms with Gasteiger partial charge in [0.2, 0.25) is 5.16 Å². The van der Waals surface area contributed by atoms with Crippen LogP contribution in [0.5, 0.6) is 11.5 Å². The van der Waals surface area contributed by atoms with E-state index in [0.717, 1.165) is 0 Å². The maximum atomic E-state index is 12.9. The van der Waals surface area contributed by atoms with Crippen LogP contribution >= 0.6 is 0 Å². The molecule has 0 fully saturated rings. The van der Waals surface area contributed by atoms with E-state index in [4.69, 9.17) is 9.47 Å². The number of fused-ring (bicyclic) bond motifs is 1. The van der Waals surface area contributed by atoms with E-state index >= 15 is 0 Å². The third-order valence-corrected chi connectivity index (χ3v) is 5.53. The van der Waals surface area contributed by atoms with Crippen molar-refractivity contribution in [2.45, 2.75) is 24.1 Å². The van der Waals surface area contributed by atoms with Crippen molar-refractivity contribution in [1.82, 2.24) is 15.0 Å². The second-order valence-corrected chi connectivity index (χ2v) is 7.41. The summed E-state index contributed by atoms with van der Waals surface area (Å²) in [5.41, 5.74) is 0.612. The number of pyridine rings is 1. The normalized spacial score (nSPS) is 13.0. The first-order valence-electron chi connectivity index (χ1n) is 7.89. The number of imidazole rings is 1. The van der Waals surface area contributed by atoms with Gasteiger partial charge in [-0.1, -0.05) is 0 Å². The molecule has 9 nitrogen and oxygen atoms in total. The predicted molar refractivity (Wildman–Crippen MR) is 98.3 cm³/mol. The molecule has 4 N–H and O–H groups in total. The molecule has 3 aromatic rings. The van der Waals surface area contributed by atoms with Crippen molar-refractivity contribution in [2.75, 3.05) is 14.2 Å². The monoisotopic (exact) mass is 393 g/mol.